The van der Waals surface area contributed by atoms with E-state index >= 15 is 0 Å². The molecular weight excluding hydrogens is 586 g/mol. The number of hydrogen-bond acceptors (Lipinski definition) is 6. The fourth-order valence-electron chi connectivity index (χ4n) is 3.36. The number of methoxy groups -OCH3 is 1. The van der Waals surface area contributed by atoms with Gasteiger partial charge < -0.3 is 19.6 Å². The van der Waals surface area contributed by atoms with Crippen LogP contribution in [0.15, 0.2) is 61.9 Å². The minimum absolute atomic E-state index is 0.00602. The molecule has 0 unspecified atom stereocenters. The maximum Gasteiger partial charge on any atom is 0.261 e. The summed E-state index contributed by atoms with van der Waals surface area (Å²) in [6.45, 7) is 2.07. The first-order valence-corrected chi connectivity index (χ1v) is 12.2. The van der Waals surface area contributed by atoms with Crippen LogP contribution >= 0.6 is 44.1 Å². The summed E-state index contributed by atoms with van der Waals surface area (Å²) in [6.07, 6.45) is 0.884. The summed E-state index contributed by atoms with van der Waals surface area (Å²) in [6, 6.07) is 14.0. The van der Waals surface area contributed by atoms with E-state index in [1.165, 1.54) is 13.2 Å². The molecule has 174 valence electrons. The van der Waals surface area contributed by atoms with Crippen LogP contribution in [0.25, 0.3) is 22.6 Å². The molecule has 3 N–H and O–H groups in total. The van der Waals surface area contributed by atoms with Crippen molar-refractivity contribution in [2.24, 2.45) is 0 Å². The molecule has 0 aliphatic heterocycles. The topological polar surface area (TPSA) is 96.6 Å². The number of phenols is 1. The number of phenolic OH excluding ortho intramolecular Hbond substituents is 1. The first-order valence-electron chi connectivity index (χ1n) is 10.2. The molecule has 3 aromatic carbocycles. The Labute approximate surface area is 217 Å². The molecule has 0 bridgehead atoms. The number of hydrogen-bond donors (Lipinski definition) is 3. The van der Waals surface area contributed by atoms with Gasteiger partial charge in [0.2, 0.25) is 5.89 Å². The number of amides is 1. The molecule has 10 heteroatoms. The Morgan fingerprint density at radius 1 is 1.18 bits per heavy atom. The predicted molar refractivity (Wildman–Crippen MR) is 143 cm³/mol. The standard InChI is InChI=1S/C24H19Br2N3O4S/c1-3-12-4-7-20-18(8-12)28-23(33-20)15-11-14(5-6-19(15)30)27-24(34)29-22(31)16-9-13(25)10-17(26)21(16)32-2/h4-11,30H,3H2,1-2H3,(H2,27,29,31,34). The van der Waals surface area contributed by atoms with Crippen LogP contribution in [-0.2, 0) is 6.42 Å². The molecular formula is C24H19Br2N3O4S. The molecule has 0 saturated heterocycles. The van der Waals surface area contributed by atoms with Gasteiger partial charge in [-0.2, -0.15) is 0 Å². The maximum absolute atomic E-state index is 12.8. The number of carbonyl (C=O) groups is 1. The number of halogens is 2. The normalized spacial score (nSPS) is 10.8. The largest absolute Gasteiger partial charge is 0.507 e. The number of aromatic nitrogens is 1. The second-order valence-electron chi connectivity index (χ2n) is 7.28. The number of oxazole rings is 1. The van der Waals surface area contributed by atoms with Gasteiger partial charge in [0.05, 0.1) is 22.7 Å². The van der Waals surface area contributed by atoms with Crippen LogP contribution in [0, 0.1) is 0 Å². The lowest BCUT2D eigenvalue weighted by atomic mass is 10.1. The molecule has 1 heterocycles. The first kappa shape index (κ1) is 24.2. The van der Waals surface area contributed by atoms with E-state index in [1.54, 1.807) is 24.3 Å². The Hall–Kier alpha value is -2.95. The third-order valence-corrected chi connectivity index (χ3v) is 6.28. The number of carbonyl (C=O) groups excluding carboxylic acids is 1. The molecule has 0 aliphatic carbocycles. The molecule has 0 spiro atoms. The van der Waals surface area contributed by atoms with Crippen molar-refractivity contribution < 1.29 is 19.1 Å². The van der Waals surface area contributed by atoms with E-state index in [4.69, 9.17) is 21.4 Å². The van der Waals surface area contributed by atoms with Crippen molar-refractivity contribution in [2.75, 3.05) is 12.4 Å². The number of rotatable bonds is 5. The molecule has 0 aliphatic rings. The van der Waals surface area contributed by atoms with Crippen LogP contribution in [0.2, 0.25) is 0 Å². The number of aryl methyl sites for hydroxylation is 1. The number of benzene rings is 3. The number of nitrogens with zero attached hydrogens (tertiary/aromatic N) is 1. The van der Waals surface area contributed by atoms with E-state index in [0.29, 0.717) is 42.6 Å². The van der Waals surface area contributed by atoms with E-state index in [-0.39, 0.29) is 16.8 Å². The number of aromatic hydroxyl groups is 1. The van der Waals surface area contributed by atoms with Gasteiger partial charge in [-0.25, -0.2) is 4.98 Å². The molecule has 4 aromatic rings. The van der Waals surface area contributed by atoms with E-state index in [0.717, 1.165) is 12.0 Å². The fourth-order valence-corrected chi connectivity index (χ4v) is 4.96. The van der Waals surface area contributed by atoms with Crippen LogP contribution < -0.4 is 15.4 Å². The van der Waals surface area contributed by atoms with Crippen molar-refractivity contribution in [3.05, 3.63) is 68.6 Å². The molecule has 0 atom stereocenters. The zero-order valence-electron chi connectivity index (χ0n) is 18.1. The van der Waals surface area contributed by atoms with Crippen molar-refractivity contribution in [1.82, 2.24) is 10.3 Å². The van der Waals surface area contributed by atoms with Crippen LogP contribution in [-0.4, -0.2) is 28.2 Å². The second-order valence-corrected chi connectivity index (χ2v) is 9.46. The number of anilines is 1. The second kappa shape index (κ2) is 10.1. The highest BCUT2D eigenvalue weighted by atomic mass is 79.9. The summed E-state index contributed by atoms with van der Waals surface area (Å²) in [5.74, 6) is 0.230. The maximum atomic E-state index is 12.8. The monoisotopic (exact) mass is 603 g/mol. The third kappa shape index (κ3) is 5.08. The van der Waals surface area contributed by atoms with Gasteiger partial charge in [0.15, 0.2) is 10.7 Å². The number of thiocarbonyl (C=S) groups is 1. The Balaban J connectivity index is 1.55. The van der Waals surface area contributed by atoms with E-state index in [9.17, 15) is 9.90 Å². The van der Waals surface area contributed by atoms with Crippen LogP contribution in [0.3, 0.4) is 0 Å². The van der Waals surface area contributed by atoms with E-state index in [1.807, 2.05) is 18.2 Å². The summed E-state index contributed by atoms with van der Waals surface area (Å²) in [7, 11) is 1.48. The molecule has 4 rings (SSSR count). The smallest absolute Gasteiger partial charge is 0.261 e. The van der Waals surface area contributed by atoms with E-state index in [2.05, 4.69) is 54.4 Å². The zero-order chi connectivity index (χ0) is 24.4. The lowest BCUT2D eigenvalue weighted by molar-refractivity contribution is 0.0974. The molecule has 0 fully saturated rings. The highest BCUT2D eigenvalue weighted by Crippen LogP contribution is 2.34. The summed E-state index contributed by atoms with van der Waals surface area (Å²) >= 11 is 12.1. The van der Waals surface area contributed by atoms with Crippen molar-refractivity contribution >= 4 is 71.9 Å². The molecule has 1 amide bonds. The predicted octanol–water partition coefficient (Wildman–Crippen LogP) is 6.42. The highest BCUT2D eigenvalue weighted by Gasteiger charge is 2.18. The number of ether oxygens (including phenoxy) is 1. The lowest BCUT2D eigenvalue weighted by Gasteiger charge is -2.13. The van der Waals surface area contributed by atoms with Gasteiger partial charge in [-0.05, 0) is 82.6 Å². The van der Waals surface area contributed by atoms with Crippen molar-refractivity contribution in [3.8, 4) is 23.0 Å². The van der Waals surface area contributed by atoms with Crippen molar-refractivity contribution in [2.45, 2.75) is 13.3 Å². The average molecular weight is 605 g/mol. The Bertz CT molecular complexity index is 1420. The quantitative estimate of drug-likeness (QED) is 0.179. The molecule has 34 heavy (non-hydrogen) atoms. The van der Waals surface area contributed by atoms with Gasteiger partial charge in [-0.3, -0.25) is 10.1 Å². The van der Waals surface area contributed by atoms with Crippen molar-refractivity contribution in [1.29, 1.82) is 0 Å². The number of nitrogens with one attached hydrogen (secondary N) is 2. The van der Waals surface area contributed by atoms with Gasteiger partial charge in [0.1, 0.15) is 17.0 Å². The van der Waals surface area contributed by atoms with Crippen LogP contribution in [0.5, 0.6) is 11.5 Å². The highest BCUT2D eigenvalue weighted by molar-refractivity contribution is 9.11. The molecule has 0 saturated carbocycles. The van der Waals surface area contributed by atoms with Crippen LogP contribution in [0.4, 0.5) is 5.69 Å². The van der Waals surface area contributed by atoms with Crippen molar-refractivity contribution in [3.63, 3.8) is 0 Å². The SMILES string of the molecule is CCc1ccc2oc(-c3cc(NC(=S)NC(=O)c4cc(Br)cc(Br)c4OC)ccc3O)nc2c1. The average Bonchev–Trinajstić information content (AvgIpc) is 3.22. The lowest BCUT2D eigenvalue weighted by Crippen LogP contribution is -2.34. The van der Waals surface area contributed by atoms with Gasteiger partial charge in [0.25, 0.3) is 5.91 Å². The van der Waals surface area contributed by atoms with Gasteiger partial charge >= 0.3 is 0 Å². The Morgan fingerprint density at radius 2 is 1.97 bits per heavy atom. The third-order valence-electron chi connectivity index (χ3n) is 5.03. The summed E-state index contributed by atoms with van der Waals surface area (Å²) in [5, 5.41) is 16.1. The van der Waals surface area contributed by atoms with Gasteiger partial charge in [0, 0.05) is 10.2 Å². The van der Waals surface area contributed by atoms with Crippen LogP contribution in [0.1, 0.15) is 22.8 Å². The number of fused-ring (bicyclic) bond motifs is 1. The molecule has 1 aromatic heterocycles. The van der Waals surface area contributed by atoms with Gasteiger partial charge in [-0.15, -0.1) is 0 Å². The van der Waals surface area contributed by atoms with E-state index < -0.39 is 5.91 Å². The zero-order valence-corrected chi connectivity index (χ0v) is 22.1. The Morgan fingerprint density at radius 3 is 2.71 bits per heavy atom. The molecule has 0 radical (unpaired) electrons. The summed E-state index contributed by atoms with van der Waals surface area (Å²) < 4.78 is 12.5. The fraction of sp³-hybridized carbons (Fsp3) is 0.125. The Kier molecular flexibility index (Phi) is 7.20. The van der Waals surface area contributed by atoms with Gasteiger partial charge in [-0.1, -0.05) is 28.9 Å². The minimum Gasteiger partial charge on any atom is -0.507 e. The minimum atomic E-state index is -0.443. The molecule has 7 nitrogen and oxygen atoms in total. The summed E-state index contributed by atoms with van der Waals surface area (Å²) in [5.41, 5.74) is 3.72. The first-order chi connectivity index (χ1) is 16.3. The summed E-state index contributed by atoms with van der Waals surface area (Å²) in [4.78, 5) is 17.3.